The normalized spacial score (nSPS) is 17.2. The number of alkyl halides is 3. The van der Waals surface area contributed by atoms with Crippen LogP contribution in [0.2, 0.25) is 0 Å². The SMILES string of the molecule is NC(=O)C1=C(C(=S)NC(Cl)(Cl)Cl)CCCC1. The summed E-state index contributed by atoms with van der Waals surface area (Å²) in [5.41, 5.74) is 6.51. The molecule has 16 heavy (non-hydrogen) atoms. The summed E-state index contributed by atoms with van der Waals surface area (Å²) in [4.78, 5) is 11.5. The first-order valence-corrected chi connectivity index (χ1v) is 6.26. The van der Waals surface area contributed by atoms with Gasteiger partial charge in [-0.25, -0.2) is 0 Å². The highest BCUT2D eigenvalue weighted by Crippen LogP contribution is 2.28. The summed E-state index contributed by atoms with van der Waals surface area (Å²) in [6.07, 6.45) is 3.20. The van der Waals surface area contributed by atoms with E-state index in [1.165, 1.54) is 0 Å². The number of amides is 1. The van der Waals surface area contributed by atoms with Crippen LogP contribution in [0.1, 0.15) is 25.7 Å². The Morgan fingerprint density at radius 2 is 1.75 bits per heavy atom. The maximum atomic E-state index is 11.2. The van der Waals surface area contributed by atoms with Gasteiger partial charge in [0.25, 0.3) is 3.92 Å². The van der Waals surface area contributed by atoms with Crippen molar-refractivity contribution in [1.82, 2.24) is 5.32 Å². The highest BCUT2D eigenvalue weighted by molar-refractivity contribution is 7.80. The molecule has 0 heterocycles. The van der Waals surface area contributed by atoms with Crippen LogP contribution in [0.25, 0.3) is 0 Å². The molecule has 0 aliphatic heterocycles. The van der Waals surface area contributed by atoms with E-state index < -0.39 is 9.82 Å². The second kappa shape index (κ2) is 5.54. The van der Waals surface area contributed by atoms with Gasteiger partial charge in [0.2, 0.25) is 5.91 Å². The second-order valence-electron chi connectivity index (χ2n) is 3.48. The summed E-state index contributed by atoms with van der Waals surface area (Å²) in [6, 6.07) is 0. The van der Waals surface area contributed by atoms with Crippen molar-refractivity contribution in [3.05, 3.63) is 11.1 Å². The molecule has 1 amide bonds. The molecule has 3 N–H and O–H groups in total. The molecule has 0 aromatic rings. The Bertz CT molecular complexity index is 349. The van der Waals surface area contributed by atoms with Crippen molar-refractivity contribution in [2.75, 3.05) is 0 Å². The van der Waals surface area contributed by atoms with E-state index in [4.69, 9.17) is 52.8 Å². The zero-order valence-corrected chi connectivity index (χ0v) is 11.4. The summed E-state index contributed by atoms with van der Waals surface area (Å²) >= 11 is 21.8. The van der Waals surface area contributed by atoms with Crippen molar-refractivity contribution in [2.24, 2.45) is 5.73 Å². The maximum absolute atomic E-state index is 11.2. The minimum absolute atomic E-state index is 0.286. The number of carbonyl (C=O) groups excluding carboxylic acids is 1. The van der Waals surface area contributed by atoms with Gasteiger partial charge >= 0.3 is 0 Å². The maximum Gasteiger partial charge on any atom is 0.266 e. The Labute approximate surface area is 114 Å². The molecule has 3 nitrogen and oxygen atoms in total. The number of hydrogen-bond acceptors (Lipinski definition) is 2. The molecule has 1 aliphatic rings. The van der Waals surface area contributed by atoms with Crippen LogP contribution in [-0.2, 0) is 4.79 Å². The Balaban J connectivity index is 2.90. The number of rotatable bonds is 2. The van der Waals surface area contributed by atoms with Crippen molar-refractivity contribution < 1.29 is 4.79 Å². The van der Waals surface area contributed by atoms with Crippen molar-refractivity contribution in [2.45, 2.75) is 29.6 Å². The average molecular weight is 302 g/mol. The van der Waals surface area contributed by atoms with E-state index in [0.29, 0.717) is 24.0 Å². The number of nitrogens with two attached hydrogens (primary N) is 1. The third-order valence-electron chi connectivity index (χ3n) is 2.29. The average Bonchev–Trinajstić information content (AvgIpc) is 2.15. The van der Waals surface area contributed by atoms with Crippen LogP contribution in [0.4, 0.5) is 0 Å². The van der Waals surface area contributed by atoms with Gasteiger partial charge in [0, 0.05) is 5.57 Å². The molecule has 0 spiro atoms. The van der Waals surface area contributed by atoms with Crippen molar-refractivity contribution in [1.29, 1.82) is 0 Å². The third-order valence-corrected chi connectivity index (χ3v) is 2.93. The van der Waals surface area contributed by atoms with Gasteiger partial charge in [0.05, 0.1) is 0 Å². The molecule has 0 unspecified atom stereocenters. The van der Waals surface area contributed by atoms with Crippen LogP contribution in [0.15, 0.2) is 11.1 Å². The number of hydrogen-bond donors (Lipinski definition) is 2. The Hall–Kier alpha value is -0.0300. The van der Waals surface area contributed by atoms with Gasteiger partial charge in [-0.2, -0.15) is 0 Å². The number of nitrogens with one attached hydrogen (secondary N) is 1. The van der Waals surface area contributed by atoms with Gasteiger partial charge in [-0.3, -0.25) is 4.79 Å². The Morgan fingerprint density at radius 3 is 2.19 bits per heavy atom. The number of primary amides is 1. The number of halogens is 3. The van der Waals surface area contributed by atoms with Crippen molar-refractivity contribution in [3.63, 3.8) is 0 Å². The van der Waals surface area contributed by atoms with Crippen molar-refractivity contribution in [3.8, 4) is 0 Å². The monoisotopic (exact) mass is 300 g/mol. The van der Waals surface area contributed by atoms with Crippen LogP contribution < -0.4 is 11.1 Å². The fraction of sp³-hybridized carbons (Fsp3) is 0.556. The lowest BCUT2D eigenvalue weighted by Gasteiger charge is -2.22. The molecular weight excluding hydrogens is 291 g/mol. The third kappa shape index (κ3) is 4.09. The zero-order valence-electron chi connectivity index (χ0n) is 8.36. The van der Waals surface area contributed by atoms with Crippen LogP contribution in [-0.4, -0.2) is 14.8 Å². The van der Waals surface area contributed by atoms with Crippen LogP contribution in [0.3, 0.4) is 0 Å². The molecule has 0 aromatic heterocycles. The van der Waals surface area contributed by atoms with Crippen molar-refractivity contribution >= 4 is 57.9 Å². The fourth-order valence-corrected chi connectivity index (χ4v) is 2.46. The molecule has 0 atom stereocenters. The van der Waals surface area contributed by atoms with Crippen LogP contribution >= 0.6 is 47.0 Å². The van der Waals surface area contributed by atoms with Crippen LogP contribution in [0.5, 0.6) is 0 Å². The van der Waals surface area contributed by atoms with E-state index >= 15 is 0 Å². The van der Waals surface area contributed by atoms with E-state index in [1.54, 1.807) is 0 Å². The molecule has 0 aromatic carbocycles. The predicted octanol–water partition coefficient (Wildman–Crippen LogP) is 2.59. The highest BCUT2D eigenvalue weighted by Gasteiger charge is 2.25. The van der Waals surface area contributed by atoms with Gasteiger partial charge in [-0.15, -0.1) is 0 Å². The molecule has 1 aliphatic carbocycles. The van der Waals surface area contributed by atoms with E-state index in [2.05, 4.69) is 5.32 Å². The minimum Gasteiger partial charge on any atom is -0.366 e. The standard InChI is InChI=1S/C9H11Cl3N2OS/c10-9(11,12)14-8(16)6-4-2-1-3-5(6)7(13)15/h1-4H2,(H2,13,15)(H,14,16). The first-order valence-electron chi connectivity index (χ1n) is 4.72. The van der Waals surface area contributed by atoms with Crippen LogP contribution in [0, 0.1) is 0 Å². The zero-order chi connectivity index (χ0) is 12.3. The molecule has 0 radical (unpaired) electrons. The molecule has 7 heteroatoms. The van der Waals surface area contributed by atoms with Gasteiger partial charge < -0.3 is 11.1 Å². The Kier molecular flexibility index (Phi) is 4.86. The summed E-state index contributed by atoms with van der Waals surface area (Å²) in [7, 11) is 0. The van der Waals surface area contributed by atoms with Gasteiger partial charge in [-0.1, -0.05) is 47.0 Å². The highest BCUT2D eigenvalue weighted by atomic mass is 35.6. The molecule has 1 rings (SSSR count). The van der Waals surface area contributed by atoms with E-state index in [-0.39, 0.29) is 4.99 Å². The van der Waals surface area contributed by atoms with Gasteiger partial charge in [0.15, 0.2) is 0 Å². The first-order chi connectivity index (χ1) is 7.31. The molecular formula is C9H11Cl3N2OS. The second-order valence-corrected chi connectivity index (χ2v) is 6.17. The predicted molar refractivity (Wildman–Crippen MR) is 70.7 cm³/mol. The summed E-state index contributed by atoms with van der Waals surface area (Å²) in [5, 5.41) is 2.54. The molecule has 0 fully saturated rings. The van der Waals surface area contributed by atoms with E-state index in [0.717, 1.165) is 12.8 Å². The summed E-state index contributed by atoms with van der Waals surface area (Å²) in [5.74, 6) is -0.455. The largest absolute Gasteiger partial charge is 0.366 e. The molecule has 0 saturated heterocycles. The van der Waals surface area contributed by atoms with E-state index in [1.807, 2.05) is 0 Å². The molecule has 0 bridgehead atoms. The lowest BCUT2D eigenvalue weighted by atomic mass is 9.91. The van der Waals surface area contributed by atoms with Gasteiger partial charge in [-0.05, 0) is 31.3 Å². The molecule has 0 saturated carbocycles. The smallest absolute Gasteiger partial charge is 0.266 e. The van der Waals surface area contributed by atoms with Gasteiger partial charge in [0.1, 0.15) is 4.99 Å². The van der Waals surface area contributed by atoms with E-state index in [9.17, 15) is 4.79 Å². The topological polar surface area (TPSA) is 55.1 Å². The summed E-state index contributed by atoms with van der Waals surface area (Å²) in [6.45, 7) is 0. The quantitative estimate of drug-likeness (QED) is 0.468. The number of carbonyl (C=O) groups is 1. The molecule has 90 valence electrons. The fourth-order valence-electron chi connectivity index (χ4n) is 1.63. The first kappa shape index (κ1) is 14.0. The summed E-state index contributed by atoms with van der Waals surface area (Å²) < 4.78 is -1.66. The number of thiocarbonyl (C=S) groups is 1. The minimum atomic E-state index is -1.66. The lowest BCUT2D eigenvalue weighted by Crippen LogP contribution is -2.36. The lowest BCUT2D eigenvalue weighted by molar-refractivity contribution is -0.114. The Morgan fingerprint density at radius 1 is 1.25 bits per heavy atom.